The second-order valence-corrected chi connectivity index (χ2v) is 5.74. The molecule has 0 fully saturated rings. The third-order valence-corrected chi connectivity index (χ3v) is 4.30. The fraction of sp³-hybridized carbons (Fsp3) is 0.158. The fourth-order valence-corrected chi connectivity index (χ4v) is 2.90. The highest BCUT2D eigenvalue weighted by atomic mass is 16.4. The van der Waals surface area contributed by atoms with Gasteiger partial charge in [-0.05, 0) is 42.0 Å². The predicted octanol–water partition coefficient (Wildman–Crippen LogP) is 3.52. The third kappa shape index (κ3) is 2.32. The van der Waals surface area contributed by atoms with Crippen LogP contribution in [-0.2, 0) is 7.05 Å². The van der Waals surface area contributed by atoms with Crippen LogP contribution in [0.25, 0.3) is 21.9 Å². The van der Waals surface area contributed by atoms with Gasteiger partial charge < -0.3 is 9.67 Å². The zero-order chi connectivity index (χ0) is 16.7. The summed E-state index contributed by atoms with van der Waals surface area (Å²) in [6.07, 6.45) is 0. The molecular weight excluding hydrogens is 290 g/mol. The number of aromatic nitrogens is 1. The van der Waals surface area contributed by atoms with Crippen molar-refractivity contribution < 1.29 is 9.90 Å². The van der Waals surface area contributed by atoms with Crippen molar-refractivity contribution in [1.82, 2.24) is 4.57 Å². The Morgan fingerprint density at radius 2 is 1.65 bits per heavy atom. The van der Waals surface area contributed by atoms with Gasteiger partial charge in [-0.2, -0.15) is 0 Å². The second kappa shape index (κ2) is 5.39. The normalized spacial score (nSPS) is 10.9. The Labute approximate surface area is 133 Å². The molecule has 23 heavy (non-hydrogen) atoms. The van der Waals surface area contributed by atoms with Gasteiger partial charge in [0.05, 0.1) is 0 Å². The Morgan fingerprint density at radius 1 is 1.00 bits per heavy atom. The van der Waals surface area contributed by atoms with E-state index in [9.17, 15) is 14.7 Å². The van der Waals surface area contributed by atoms with Crippen LogP contribution >= 0.6 is 0 Å². The molecular formula is C19H17NO3. The monoisotopic (exact) mass is 307 g/mol. The molecule has 3 rings (SSSR count). The molecule has 116 valence electrons. The van der Waals surface area contributed by atoms with Gasteiger partial charge in [-0.3, -0.25) is 4.79 Å². The van der Waals surface area contributed by atoms with E-state index in [0.29, 0.717) is 16.3 Å². The van der Waals surface area contributed by atoms with E-state index in [0.717, 1.165) is 16.7 Å². The van der Waals surface area contributed by atoms with E-state index in [1.165, 1.54) is 11.6 Å². The van der Waals surface area contributed by atoms with Crippen LogP contribution in [0.15, 0.2) is 47.3 Å². The molecule has 3 aromatic rings. The molecule has 0 aliphatic carbocycles. The van der Waals surface area contributed by atoms with Crippen molar-refractivity contribution in [3.05, 3.63) is 69.6 Å². The summed E-state index contributed by atoms with van der Waals surface area (Å²) in [5.41, 5.74) is 3.31. The molecule has 0 bridgehead atoms. The highest BCUT2D eigenvalue weighted by Gasteiger charge is 2.21. The van der Waals surface area contributed by atoms with Gasteiger partial charge in [-0.15, -0.1) is 0 Å². The molecule has 0 atom stereocenters. The summed E-state index contributed by atoms with van der Waals surface area (Å²) >= 11 is 0. The minimum atomic E-state index is -1.11. The van der Waals surface area contributed by atoms with Gasteiger partial charge in [0.2, 0.25) is 0 Å². The van der Waals surface area contributed by atoms with E-state index in [1.54, 1.807) is 18.2 Å². The molecule has 0 spiro atoms. The van der Waals surface area contributed by atoms with Crippen molar-refractivity contribution in [2.75, 3.05) is 0 Å². The van der Waals surface area contributed by atoms with Crippen LogP contribution in [0.4, 0.5) is 0 Å². The number of carbonyl (C=O) groups is 1. The molecule has 1 heterocycles. The first-order valence-corrected chi connectivity index (χ1v) is 7.34. The lowest BCUT2D eigenvalue weighted by Crippen LogP contribution is -2.24. The van der Waals surface area contributed by atoms with Gasteiger partial charge in [0.15, 0.2) is 0 Å². The summed E-state index contributed by atoms with van der Waals surface area (Å²) in [6, 6.07) is 13.0. The molecule has 4 nitrogen and oxygen atoms in total. The van der Waals surface area contributed by atoms with Crippen LogP contribution in [0.3, 0.4) is 0 Å². The quantitative estimate of drug-likeness (QED) is 0.788. The number of pyridine rings is 1. The second-order valence-electron chi connectivity index (χ2n) is 5.74. The molecule has 0 saturated heterocycles. The average molecular weight is 307 g/mol. The highest BCUT2D eigenvalue weighted by molar-refractivity contribution is 6.06. The van der Waals surface area contributed by atoms with Crippen molar-refractivity contribution in [1.29, 1.82) is 0 Å². The number of rotatable bonds is 2. The maximum atomic E-state index is 12.5. The molecule has 0 saturated carbocycles. The van der Waals surface area contributed by atoms with Gasteiger partial charge in [0.25, 0.3) is 5.56 Å². The summed E-state index contributed by atoms with van der Waals surface area (Å²) in [4.78, 5) is 24.3. The van der Waals surface area contributed by atoms with Crippen LogP contribution < -0.4 is 5.56 Å². The lowest BCUT2D eigenvalue weighted by molar-refractivity contribution is 0.0686. The zero-order valence-electron chi connectivity index (χ0n) is 13.3. The molecule has 4 heteroatoms. The van der Waals surface area contributed by atoms with Crippen molar-refractivity contribution >= 4 is 16.7 Å². The Kier molecular flexibility index (Phi) is 3.52. The first-order chi connectivity index (χ1) is 10.9. The third-order valence-electron chi connectivity index (χ3n) is 4.30. The highest BCUT2D eigenvalue weighted by Crippen LogP contribution is 2.31. The number of aryl methyl sites for hydroxylation is 2. The molecule has 0 unspecified atom stereocenters. The van der Waals surface area contributed by atoms with Gasteiger partial charge in [-0.1, -0.05) is 36.4 Å². The minimum Gasteiger partial charge on any atom is -0.477 e. The summed E-state index contributed by atoms with van der Waals surface area (Å²) in [5, 5.41) is 10.8. The number of hydrogen-bond donors (Lipinski definition) is 1. The summed E-state index contributed by atoms with van der Waals surface area (Å²) in [5.74, 6) is -1.11. The van der Waals surface area contributed by atoms with Crippen molar-refractivity contribution in [3.8, 4) is 11.1 Å². The Balaban J connectivity index is 2.54. The van der Waals surface area contributed by atoms with E-state index in [1.807, 2.05) is 38.1 Å². The molecule has 0 amide bonds. The number of aromatic carboxylic acids is 1. The molecule has 1 aromatic heterocycles. The Hall–Kier alpha value is -2.88. The van der Waals surface area contributed by atoms with E-state index >= 15 is 0 Å². The van der Waals surface area contributed by atoms with E-state index in [4.69, 9.17) is 0 Å². The average Bonchev–Trinajstić information content (AvgIpc) is 2.53. The Morgan fingerprint density at radius 3 is 2.26 bits per heavy atom. The van der Waals surface area contributed by atoms with Crippen LogP contribution in [0.5, 0.6) is 0 Å². The molecule has 0 aliphatic heterocycles. The van der Waals surface area contributed by atoms with E-state index in [2.05, 4.69) is 0 Å². The van der Waals surface area contributed by atoms with Gasteiger partial charge in [0, 0.05) is 18.0 Å². The van der Waals surface area contributed by atoms with E-state index < -0.39 is 5.97 Å². The summed E-state index contributed by atoms with van der Waals surface area (Å²) < 4.78 is 1.22. The lowest BCUT2D eigenvalue weighted by atomic mass is 9.94. The van der Waals surface area contributed by atoms with Crippen LogP contribution in [-0.4, -0.2) is 15.6 Å². The number of carboxylic acids is 1. The molecule has 2 aromatic carbocycles. The van der Waals surface area contributed by atoms with Crippen LogP contribution in [0.2, 0.25) is 0 Å². The van der Waals surface area contributed by atoms with Gasteiger partial charge in [-0.25, -0.2) is 4.79 Å². The largest absolute Gasteiger partial charge is 0.477 e. The number of nitrogens with zero attached hydrogens (tertiary/aromatic N) is 1. The van der Waals surface area contributed by atoms with Crippen LogP contribution in [0.1, 0.15) is 21.6 Å². The number of benzene rings is 2. The summed E-state index contributed by atoms with van der Waals surface area (Å²) in [6.45, 7) is 4.00. The Bertz CT molecular complexity index is 999. The topological polar surface area (TPSA) is 59.3 Å². The standard InChI is InChI=1S/C19H17NO3/c1-11-8-9-13(10-12(11)2)16-14-6-4-5-7-15(14)18(21)20(3)17(16)19(22)23/h4-10H,1-3H3,(H,22,23). The molecule has 0 radical (unpaired) electrons. The molecule has 1 N–H and O–H groups in total. The minimum absolute atomic E-state index is 0.0111. The smallest absolute Gasteiger partial charge is 0.353 e. The maximum Gasteiger partial charge on any atom is 0.353 e. The van der Waals surface area contributed by atoms with Crippen molar-refractivity contribution in [2.45, 2.75) is 13.8 Å². The van der Waals surface area contributed by atoms with Crippen LogP contribution in [0, 0.1) is 13.8 Å². The predicted molar refractivity (Wildman–Crippen MR) is 91.1 cm³/mol. The first-order valence-electron chi connectivity index (χ1n) is 7.34. The maximum absolute atomic E-state index is 12.5. The van der Waals surface area contributed by atoms with E-state index in [-0.39, 0.29) is 11.3 Å². The first kappa shape index (κ1) is 15.0. The number of fused-ring (bicyclic) bond motifs is 1. The number of hydrogen-bond acceptors (Lipinski definition) is 2. The fourth-order valence-electron chi connectivity index (χ4n) is 2.90. The van der Waals surface area contributed by atoms with Crippen molar-refractivity contribution in [2.24, 2.45) is 7.05 Å². The van der Waals surface area contributed by atoms with Gasteiger partial charge in [0.1, 0.15) is 5.69 Å². The van der Waals surface area contributed by atoms with Gasteiger partial charge >= 0.3 is 5.97 Å². The number of carboxylic acid groups (broad SMARTS) is 1. The zero-order valence-corrected chi connectivity index (χ0v) is 13.3. The SMILES string of the molecule is Cc1ccc(-c2c(C(=O)O)n(C)c(=O)c3ccccc23)cc1C. The van der Waals surface area contributed by atoms with Crippen molar-refractivity contribution in [3.63, 3.8) is 0 Å². The molecule has 0 aliphatic rings. The lowest BCUT2D eigenvalue weighted by Gasteiger charge is -2.15. The summed E-state index contributed by atoms with van der Waals surface area (Å²) in [7, 11) is 1.50.